The molecule has 8 atom stereocenters. The van der Waals surface area contributed by atoms with Crippen LogP contribution in [0, 0.1) is 23.7 Å². The minimum absolute atomic E-state index is 0.0843. The standard InChI is InChI=1S/C48H64N14O8/c1-33(49-5)43(63)51-41(45(65)59-25-17-23-39(59)29-61-47(53-55-57-61)69-31-37-19-11-9-12-20-37)35(3)67-27-15-7-8-16-28-68-36(4)42(52-44(64)34(2)50-6)46(66)60-26-18-24-40(60)30-62-48(54-56-58-62)70-32-38-21-13-10-14-22-38/h9-14,19-22,33-36,39-42,49-50H,17-18,23-32H2,1-6H3,(H,51,63)(H,52,64)/t33-,34-,35?,36?,39-,40-,41-,42-/m0/s1. The molecule has 2 aromatic heterocycles. The SMILES string of the molecule is CN[C@@H](C)C(=O)N[C@H](C(=O)N1CCC[C@H]1Cn1nnnc1OCc1ccccc1)C(C)OCC#CC#CCOC(C)[C@H](NC(=O)[C@H](C)NC)C(=O)N1CCC[C@H]1Cn1nnnc1OCc1ccccc1. The summed E-state index contributed by atoms with van der Waals surface area (Å²) in [6.07, 6.45) is 1.39. The molecule has 2 aromatic carbocycles. The van der Waals surface area contributed by atoms with E-state index in [4.69, 9.17) is 18.9 Å². The molecule has 4 aromatic rings. The van der Waals surface area contributed by atoms with Gasteiger partial charge in [0.25, 0.3) is 0 Å². The van der Waals surface area contributed by atoms with Crippen molar-refractivity contribution in [2.24, 2.45) is 0 Å². The monoisotopic (exact) mass is 965 g/mol. The van der Waals surface area contributed by atoms with Crippen molar-refractivity contribution in [1.82, 2.24) is 71.5 Å². The molecule has 2 saturated heterocycles. The molecule has 4 amide bonds. The molecular weight excluding hydrogens is 901 g/mol. The number of ether oxygens (including phenoxy) is 4. The molecule has 4 heterocycles. The van der Waals surface area contributed by atoms with E-state index in [1.165, 1.54) is 0 Å². The van der Waals surface area contributed by atoms with Crippen LogP contribution in [-0.2, 0) is 55.0 Å². The summed E-state index contributed by atoms with van der Waals surface area (Å²) in [5, 5.41) is 35.5. The topological polar surface area (TPSA) is 247 Å². The lowest BCUT2D eigenvalue weighted by Crippen LogP contribution is -2.58. The number of hydrogen-bond donors (Lipinski definition) is 4. The van der Waals surface area contributed by atoms with Crippen LogP contribution in [0.25, 0.3) is 0 Å². The van der Waals surface area contributed by atoms with Gasteiger partial charge in [-0.05, 0) is 111 Å². The Labute approximate surface area is 408 Å². The molecule has 22 heteroatoms. The average molecular weight is 965 g/mol. The van der Waals surface area contributed by atoms with Crippen LogP contribution in [0.4, 0.5) is 0 Å². The highest BCUT2D eigenvalue weighted by atomic mass is 16.5. The maximum Gasteiger partial charge on any atom is 0.335 e. The number of tetrazole rings is 2. The van der Waals surface area contributed by atoms with Gasteiger partial charge in [0.05, 0.1) is 49.5 Å². The van der Waals surface area contributed by atoms with Crippen molar-refractivity contribution in [2.45, 2.75) is 128 Å². The number of benzene rings is 2. The fraction of sp³-hybridized carbons (Fsp3) is 0.542. The number of rotatable bonds is 24. The number of amides is 4. The van der Waals surface area contributed by atoms with Gasteiger partial charge in [0.2, 0.25) is 23.6 Å². The third-order valence-electron chi connectivity index (χ3n) is 12.3. The molecule has 6 rings (SSSR count). The van der Waals surface area contributed by atoms with Gasteiger partial charge >= 0.3 is 12.0 Å². The third-order valence-corrected chi connectivity index (χ3v) is 12.3. The van der Waals surface area contributed by atoms with Gasteiger partial charge in [0, 0.05) is 13.1 Å². The molecular formula is C48H64N14O8. The highest BCUT2D eigenvalue weighted by Gasteiger charge is 2.40. The van der Waals surface area contributed by atoms with Gasteiger partial charge in [-0.3, -0.25) is 19.2 Å². The summed E-state index contributed by atoms with van der Waals surface area (Å²) in [6.45, 7) is 8.77. The second kappa shape index (κ2) is 26.7. The number of carbonyl (C=O) groups excluding carboxylic acids is 4. The molecule has 22 nitrogen and oxygen atoms in total. The first-order valence-electron chi connectivity index (χ1n) is 23.6. The van der Waals surface area contributed by atoms with Crippen molar-refractivity contribution in [3.8, 4) is 35.7 Å². The Bertz CT molecular complexity index is 2270. The Morgan fingerprint density at radius 3 is 1.41 bits per heavy atom. The van der Waals surface area contributed by atoms with Crippen LogP contribution < -0.4 is 30.7 Å². The molecule has 0 bridgehead atoms. The minimum atomic E-state index is -1.02. The molecule has 374 valence electrons. The third kappa shape index (κ3) is 14.8. The van der Waals surface area contributed by atoms with E-state index in [0.29, 0.717) is 39.0 Å². The van der Waals surface area contributed by atoms with Gasteiger partial charge in [-0.1, -0.05) is 82.7 Å². The quantitative estimate of drug-likeness (QED) is 0.0699. The second-order valence-corrected chi connectivity index (χ2v) is 17.1. The highest BCUT2D eigenvalue weighted by molar-refractivity contribution is 5.91. The molecule has 2 fully saturated rings. The summed E-state index contributed by atoms with van der Waals surface area (Å²) in [7, 11) is 3.32. The number of likely N-dealkylation sites (N-methyl/N-ethyl adjacent to an activating group) is 2. The Morgan fingerprint density at radius 1 is 0.629 bits per heavy atom. The smallest absolute Gasteiger partial charge is 0.335 e. The molecule has 0 spiro atoms. The van der Waals surface area contributed by atoms with Gasteiger partial charge in [-0.2, -0.15) is 9.36 Å². The summed E-state index contributed by atoms with van der Waals surface area (Å²) in [5.41, 5.74) is 1.92. The first-order valence-corrected chi connectivity index (χ1v) is 23.6. The van der Waals surface area contributed by atoms with Crippen molar-refractivity contribution in [1.29, 1.82) is 0 Å². The fourth-order valence-corrected chi connectivity index (χ4v) is 7.94. The van der Waals surface area contributed by atoms with E-state index in [-0.39, 0.29) is 74.2 Å². The summed E-state index contributed by atoms with van der Waals surface area (Å²) < 4.78 is 26.9. The van der Waals surface area contributed by atoms with Crippen LogP contribution in [0.15, 0.2) is 60.7 Å². The van der Waals surface area contributed by atoms with Crippen LogP contribution in [0.2, 0.25) is 0 Å². The van der Waals surface area contributed by atoms with E-state index in [2.05, 4.69) is 76.0 Å². The first-order chi connectivity index (χ1) is 34.0. The van der Waals surface area contributed by atoms with Crippen LogP contribution in [-0.4, -0.2) is 163 Å². The Balaban J connectivity index is 1.03. The van der Waals surface area contributed by atoms with Crippen LogP contribution in [0.5, 0.6) is 12.0 Å². The van der Waals surface area contributed by atoms with Crippen LogP contribution in [0.3, 0.4) is 0 Å². The summed E-state index contributed by atoms with van der Waals surface area (Å²) in [4.78, 5) is 58.2. The van der Waals surface area contributed by atoms with Gasteiger partial charge in [-0.15, -0.1) is 0 Å². The van der Waals surface area contributed by atoms with Gasteiger partial charge in [0.1, 0.15) is 38.5 Å². The Kier molecular flexibility index (Phi) is 20.0. The molecule has 2 aliphatic rings. The molecule has 0 aliphatic carbocycles. The molecule has 0 saturated carbocycles. The largest absolute Gasteiger partial charge is 0.458 e. The van der Waals surface area contributed by atoms with Crippen LogP contribution in [0.1, 0.15) is 64.5 Å². The lowest BCUT2D eigenvalue weighted by atomic mass is 10.1. The normalized spacial score (nSPS) is 18.0. The van der Waals surface area contributed by atoms with Gasteiger partial charge in [0.15, 0.2) is 0 Å². The number of aromatic nitrogens is 8. The number of hydrogen-bond acceptors (Lipinski definition) is 16. The Hall–Kier alpha value is -6.98. The minimum Gasteiger partial charge on any atom is -0.458 e. The molecule has 2 unspecified atom stereocenters. The Morgan fingerprint density at radius 2 is 1.03 bits per heavy atom. The maximum atomic E-state index is 14.2. The first kappa shape index (κ1) is 52.4. The van der Waals surface area contributed by atoms with Crippen LogP contribution >= 0.6 is 0 Å². The fourth-order valence-electron chi connectivity index (χ4n) is 7.94. The van der Waals surface area contributed by atoms with Gasteiger partial charge < -0.3 is 50.0 Å². The number of likely N-dealkylation sites (tertiary alicyclic amines) is 2. The zero-order valence-electron chi connectivity index (χ0n) is 40.6. The molecule has 2 aliphatic heterocycles. The second-order valence-electron chi connectivity index (χ2n) is 17.1. The molecule has 70 heavy (non-hydrogen) atoms. The average Bonchev–Trinajstić information content (AvgIpc) is 4.23. The number of nitrogens with zero attached hydrogens (tertiary/aromatic N) is 10. The highest BCUT2D eigenvalue weighted by Crippen LogP contribution is 2.24. The van der Waals surface area contributed by atoms with E-state index in [1.807, 2.05) is 60.7 Å². The predicted molar refractivity (Wildman–Crippen MR) is 254 cm³/mol. The number of nitrogens with one attached hydrogen (secondary N) is 4. The van der Waals surface area contributed by atoms with Crippen molar-refractivity contribution >= 4 is 23.6 Å². The summed E-state index contributed by atoms with van der Waals surface area (Å²) in [6, 6.07) is 16.1. The van der Waals surface area contributed by atoms with E-state index in [1.54, 1.807) is 61.0 Å². The lowest BCUT2D eigenvalue weighted by molar-refractivity contribution is -0.142. The summed E-state index contributed by atoms with van der Waals surface area (Å²) in [5.74, 6) is 9.85. The lowest BCUT2D eigenvalue weighted by Gasteiger charge is -2.32. The zero-order valence-corrected chi connectivity index (χ0v) is 40.6. The maximum absolute atomic E-state index is 14.2. The zero-order chi connectivity index (χ0) is 49.8. The molecule has 0 radical (unpaired) electrons. The van der Waals surface area contributed by atoms with Crippen molar-refractivity contribution < 1.29 is 38.1 Å². The van der Waals surface area contributed by atoms with Gasteiger partial charge in [-0.25, -0.2) is 0 Å². The van der Waals surface area contributed by atoms with E-state index >= 15 is 0 Å². The molecule has 4 N–H and O–H groups in total. The van der Waals surface area contributed by atoms with Crippen molar-refractivity contribution in [3.05, 3.63) is 71.8 Å². The van der Waals surface area contributed by atoms with E-state index in [9.17, 15) is 19.2 Å². The van der Waals surface area contributed by atoms with E-state index < -0.39 is 36.4 Å². The van der Waals surface area contributed by atoms with E-state index in [0.717, 1.165) is 24.0 Å². The van der Waals surface area contributed by atoms with Crippen molar-refractivity contribution in [3.63, 3.8) is 0 Å². The van der Waals surface area contributed by atoms with Crippen molar-refractivity contribution in [2.75, 3.05) is 40.4 Å². The predicted octanol–water partition coefficient (Wildman–Crippen LogP) is 0.502. The number of carbonyl (C=O) groups is 4. The summed E-state index contributed by atoms with van der Waals surface area (Å²) >= 11 is 0.